The summed E-state index contributed by atoms with van der Waals surface area (Å²) in [4.78, 5) is 16.4. The van der Waals surface area contributed by atoms with Crippen molar-refractivity contribution in [3.63, 3.8) is 0 Å². The molecule has 0 aliphatic carbocycles. The van der Waals surface area contributed by atoms with E-state index in [9.17, 15) is 4.79 Å². The van der Waals surface area contributed by atoms with Crippen LogP contribution in [0.25, 0.3) is 0 Å². The van der Waals surface area contributed by atoms with E-state index in [1.165, 1.54) is 0 Å². The third-order valence-corrected chi connectivity index (χ3v) is 3.53. The van der Waals surface area contributed by atoms with Crippen molar-refractivity contribution in [2.24, 2.45) is 16.6 Å². The predicted molar refractivity (Wildman–Crippen MR) is 81.0 cm³/mol. The first kappa shape index (κ1) is 16.7. The van der Waals surface area contributed by atoms with Crippen LogP contribution in [0.2, 0.25) is 0 Å². The fraction of sp³-hybridized carbons (Fsp3) is 0.733. The van der Waals surface area contributed by atoms with E-state index in [2.05, 4.69) is 31.1 Å². The van der Waals surface area contributed by atoms with Crippen LogP contribution >= 0.6 is 0 Å². The van der Waals surface area contributed by atoms with E-state index >= 15 is 0 Å². The van der Waals surface area contributed by atoms with Crippen molar-refractivity contribution in [2.75, 3.05) is 0 Å². The lowest BCUT2D eigenvalue weighted by atomic mass is 9.84. The Morgan fingerprint density at radius 1 is 1.25 bits per heavy atom. The normalized spacial score (nSPS) is 15.8. The molecule has 2 atom stereocenters. The standard InChI is InChI=1S/C15H28N4O/c1-14(2,3)11(9-19-8-7-17-10-19)18-13(20)12(16)15(4,5)6/h7-8,10-12H,9,16H2,1-6H3,(H,18,20)/t11?,12-/m0/s1. The molecule has 1 heterocycles. The Bertz CT molecular complexity index is 426. The van der Waals surface area contributed by atoms with Gasteiger partial charge in [-0.1, -0.05) is 41.5 Å². The molecule has 1 aromatic rings. The summed E-state index contributed by atoms with van der Waals surface area (Å²) < 4.78 is 1.97. The van der Waals surface area contributed by atoms with Crippen molar-refractivity contribution >= 4 is 5.91 Å². The number of aromatic nitrogens is 2. The van der Waals surface area contributed by atoms with Gasteiger partial charge in [-0.3, -0.25) is 4.79 Å². The molecule has 5 heteroatoms. The molecule has 0 bridgehead atoms. The Morgan fingerprint density at radius 2 is 1.85 bits per heavy atom. The van der Waals surface area contributed by atoms with Gasteiger partial charge in [-0.15, -0.1) is 0 Å². The van der Waals surface area contributed by atoms with Crippen molar-refractivity contribution in [3.05, 3.63) is 18.7 Å². The van der Waals surface area contributed by atoms with E-state index in [0.29, 0.717) is 6.54 Å². The molecular formula is C15H28N4O. The maximum atomic E-state index is 12.3. The van der Waals surface area contributed by atoms with Gasteiger partial charge in [-0.2, -0.15) is 0 Å². The molecule has 0 aliphatic rings. The average molecular weight is 280 g/mol. The third-order valence-electron chi connectivity index (χ3n) is 3.53. The van der Waals surface area contributed by atoms with Gasteiger partial charge in [-0.25, -0.2) is 4.98 Å². The highest BCUT2D eigenvalue weighted by Gasteiger charge is 2.32. The van der Waals surface area contributed by atoms with Crippen LogP contribution in [0.5, 0.6) is 0 Å². The zero-order valence-corrected chi connectivity index (χ0v) is 13.5. The summed E-state index contributed by atoms with van der Waals surface area (Å²) in [5.41, 5.74) is 5.72. The molecule has 0 fully saturated rings. The number of imidazole rings is 1. The van der Waals surface area contributed by atoms with Crippen LogP contribution in [-0.2, 0) is 11.3 Å². The summed E-state index contributed by atoms with van der Waals surface area (Å²) >= 11 is 0. The van der Waals surface area contributed by atoms with Crippen LogP contribution in [0.15, 0.2) is 18.7 Å². The van der Waals surface area contributed by atoms with Crippen molar-refractivity contribution in [3.8, 4) is 0 Å². The topological polar surface area (TPSA) is 72.9 Å². The van der Waals surface area contributed by atoms with E-state index < -0.39 is 6.04 Å². The van der Waals surface area contributed by atoms with E-state index in [-0.39, 0.29) is 22.8 Å². The average Bonchev–Trinajstić information content (AvgIpc) is 2.77. The number of hydrogen-bond acceptors (Lipinski definition) is 3. The zero-order valence-electron chi connectivity index (χ0n) is 13.5. The number of carbonyl (C=O) groups excluding carboxylic acids is 1. The van der Waals surface area contributed by atoms with Gasteiger partial charge in [0.05, 0.1) is 18.4 Å². The number of carbonyl (C=O) groups is 1. The molecule has 1 unspecified atom stereocenters. The maximum absolute atomic E-state index is 12.3. The van der Waals surface area contributed by atoms with Gasteiger partial charge in [-0.05, 0) is 10.8 Å². The van der Waals surface area contributed by atoms with E-state index in [4.69, 9.17) is 5.73 Å². The van der Waals surface area contributed by atoms with E-state index in [1.54, 1.807) is 12.5 Å². The first-order valence-electron chi connectivity index (χ1n) is 7.03. The van der Waals surface area contributed by atoms with Gasteiger partial charge >= 0.3 is 0 Å². The fourth-order valence-corrected chi connectivity index (χ4v) is 1.80. The number of nitrogens with one attached hydrogen (secondary N) is 1. The van der Waals surface area contributed by atoms with Crippen molar-refractivity contribution in [1.82, 2.24) is 14.9 Å². The molecule has 0 spiro atoms. The second-order valence-corrected chi connectivity index (χ2v) is 7.53. The van der Waals surface area contributed by atoms with Crippen LogP contribution in [-0.4, -0.2) is 27.5 Å². The quantitative estimate of drug-likeness (QED) is 0.883. The van der Waals surface area contributed by atoms with Gasteiger partial charge < -0.3 is 15.6 Å². The molecule has 0 radical (unpaired) electrons. The van der Waals surface area contributed by atoms with E-state index in [0.717, 1.165) is 0 Å². The Labute approximate surface area is 122 Å². The summed E-state index contributed by atoms with van der Waals surface area (Å²) in [5, 5.41) is 3.09. The Hall–Kier alpha value is -1.36. The first-order chi connectivity index (χ1) is 9.01. The molecule has 3 N–H and O–H groups in total. The summed E-state index contributed by atoms with van der Waals surface area (Å²) in [5.74, 6) is -0.0995. The summed E-state index contributed by atoms with van der Waals surface area (Å²) in [7, 11) is 0. The van der Waals surface area contributed by atoms with Crippen LogP contribution in [0.3, 0.4) is 0 Å². The molecule has 0 aliphatic heterocycles. The Balaban J connectivity index is 2.78. The molecular weight excluding hydrogens is 252 g/mol. The minimum atomic E-state index is -0.518. The number of hydrogen-bond donors (Lipinski definition) is 2. The summed E-state index contributed by atoms with van der Waals surface area (Å²) in [6, 6.07) is -0.521. The molecule has 1 rings (SSSR count). The lowest BCUT2D eigenvalue weighted by molar-refractivity contribution is -0.126. The van der Waals surface area contributed by atoms with Gasteiger partial charge in [0.25, 0.3) is 0 Å². The second kappa shape index (κ2) is 5.95. The molecule has 0 saturated heterocycles. The maximum Gasteiger partial charge on any atom is 0.237 e. The molecule has 0 saturated carbocycles. The monoisotopic (exact) mass is 280 g/mol. The number of nitrogens with two attached hydrogens (primary N) is 1. The molecule has 20 heavy (non-hydrogen) atoms. The molecule has 0 aromatic carbocycles. The SMILES string of the molecule is CC(C)(C)C(Cn1ccnc1)NC(=O)[C@H](N)C(C)(C)C. The van der Waals surface area contributed by atoms with Crippen molar-refractivity contribution in [2.45, 2.75) is 60.2 Å². The van der Waals surface area contributed by atoms with Crippen molar-refractivity contribution in [1.29, 1.82) is 0 Å². The second-order valence-electron chi connectivity index (χ2n) is 7.53. The van der Waals surface area contributed by atoms with Gasteiger partial charge in [0.2, 0.25) is 5.91 Å². The predicted octanol–water partition coefficient (Wildman–Crippen LogP) is 1.79. The Morgan fingerprint density at radius 3 is 2.25 bits per heavy atom. The Kier molecular flexibility index (Phi) is 4.97. The highest BCUT2D eigenvalue weighted by atomic mass is 16.2. The number of nitrogens with zero attached hydrogens (tertiary/aromatic N) is 2. The largest absolute Gasteiger partial charge is 0.350 e. The third kappa shape index (κ3) is 4.63. The molecule has 5 nitrogen and oxygen atoms in total. The minimum Gasteiger partial charge on any atom is -0.350 e. The minimum absolute atomic E-state index is 0.00222. The van der Waals surface area contributed by atoms with Crippen LogP contribution < -0.4 is 11.1 Å². The smallest absolute Gasteiger partial charge is 0.237 e. The van der Waals surface area contributed by atoms with Crippen molar-refractivity contribution < 1.29 is 4.79 Å². The van der Waals surface area contributed by atoms with Crippen LogP contribution in [0.1, 0.15) is 41.5 Å². The molecule has 1 aromatic heterocycles. The summed E-state index contributed by atoms with van der Waals surface area (Å²) in [6.07, 6.45) is 5.39. The van der Waals surface area contributed by atoms with Gasteiger partial charge in [0, 0.05) is 18.9 Å². The lowest BCUT2D eigenvalue weighted by Crippen LogP contribution is -2.55. The van der Waals surface area contributed by atoms with Gasteiger partial charge in [0.1, 0.15) is 0 Å². The zero-order chi connectivity index (χ0) is 15.6. The summed E-state index contributed by atoms with van der Waals surface area (Å²) in [6.45, 7) is 12.9. The highest BCUT2D eigenvalue weighted by Crippen LogP contribution is 2.22. The van der Waals surface area contributed by atoms with Crippen LogP contribution in [0, 0.1) is 10.8 Å². The number of rotatable bonds is 4. The highest BCUT2D eigenvalue weighted by molar-refractivity contribution is 5.82. The fourth-order valence-electron chi connectivity index (χ4n) is 1.80. The number of amides is 1. The lowest BCUT2D eigenvalue weighted by Gasteiger charge is -2.34. The van der Waals surface area contributed by atoms with E-state index in [1.807, 2.05) is 31.5 Å². The van der Waals surface area contributed by atoms with Crippen LogP contribution in [0.4, 0.5) is 0 Å². The molecule has 1 amide bonds. The molecule has 114 valence electrons. The van der Waals surface area contributed by atoms with Gasteiger partial charge in [0.15, 0.2) is 0 Å². The first-order valence-corrected chi connectivity index (χ1v) is 7.03.